The van der Waals surface area contributed by atoms with Crippen LogP contribution in [0.25, 0.3) is 11.0 Å². The molecule has 4 rings (SSSR count). The summed E-state index contributed by atoms with van der Waals surface area (Å²) >= 11 is 0. The van der Waals surface area contributed by atoms with E-state index in [9.17, 15) is 17.6 Å². The molecule has 1 aromatic heterocycles. The van der Waals surface area contributed by atoms with E-state index in [2.05, 4.69) is 0 Å². The largest absolute Gasteiger partial charge is 0.497 e. The van der Waals surface area contributed by atoms with Crippen molar-refractivity contribution in [1.29, 1.82) is 0 Å². The van der Waals surface area contributed by atoms with Gasteiger partial charge in [-0.25, -0.2) is 12.8 Å². The number of hydrogen-bond donors (Lipinski definition) is 0. The highest BCUT2D eigenvalue weighted by molar-refractivity contribution is 7.89. The van der Waals surface area contributed by atoms with Crippen LogP contribution in [0.15, 0.2) is 93.2 Å². The van der Waals surface area contributed by atoms with E-state index in [4.69, 9.17) is 9.15 Å². The van der Waals surface area contributed by atoms with Gasteiger partial charge in [-0.1, -0.05) is 24.3 Å². The SMILES string of the molecule is COc1ccc(S(=O)(=O)N(Cc2ccc(F)cc2)Cc2coc3ccccc3c2=O)cc1. The van der Waals surface area contributed by atoms with Crippen molar-refractivity contribution < 1.29 is 22.0 Å². The molecule has 0 aliphatic heterocycles. The molecular formula is C24H20FNO5S. The lowest BCUT2D eigenvalue weighted by Gasteiger charge is -2.22. The van der Waals surface area contributed by atoms with Crippen LogP contribution in [-0.4, -0.2) is 19.8 Å². The maximum absolute atomic E-state index is 13.5. The van der Waals surface area contributed by atoms with E-state index >= 15 is 0 Å². The first-order valence-corrected chi connectivity index (χ1v) is 11.2. The minimum Gasteiger partial charge on any atom is -0.497 e. The highest BCUT2D eigenvalue weighted by atomic mass is 32.2. The molecule has 0 aliphatic carbocycles. The van der Waals surface area contributed by atoms with Crippen LogP contribution >= 0.6 is 0 Å². The molecule has 0 saturated heterocycles. The Hall–Kier alpha value is -3.49. The Kier molecular flexibility index (Phi) is 6.07. The molecule has 0 saturated carbocycles. The first-order chi connectivity index (χ1) is 15.4. The number of halogens is 1. The van der Waals surface area contributed by atoms with E-state index in [0.29, 0.717) is 22.3 Å². The van der Waals surface area contributed by atoms with Crippen molar-refractivity contribution in [3.63, 3.8) is 0 Å². The van der Waals surface area contributed by atoms with Crippen LogP contribution in [0.5, 0.6) is 5.75 Å². The Morgan fingerprint density at radius 1 is 0.938 bits per heavy atom. The molecule has 0 unspecified atom stereocenters. The highest BCUT2D eigenvalue weighted by Gasteiger charge is 2.26. The van der Waals surface area contributed by atoms with Gasteiger partial charge < -0.3 is 9.15 Å². The number of methoxy groups -OCH3 is 1. The summed E-state index contributed by atoms with van der Waals surface area (Å²) in [6.07, 6.45) is 1.28. The van der Waals surface area contributed by atoms with Crippen molar-refractivity contribution in [1.82, 2.24) is 4.31 Å². The Labute approximate surface area is 184 Å². The molecule has 0 aliphatic rings. The van der Waals surface area contributed by atoms with Gasteiger partial charge in [-0.2, -0.15) is 4.31 Å². The van der Waals surface area contributed by atoms with Crippen LogP contribution in [0.2, 0.25) is 0 Å². The fraction of sp³-hybridized carbons (Fsp3) is 0.125. The average Bonchev–Trinajstić information content (AvgIpc) is 2.81. The van der Waals surface area contributed by atoms with Gasteiger partial charge in [0.25, 0.3) is 0 Å². The molecule has 0 atom stereocenters. The van der Waals surface area contributed by atoms with E-state index < -0.39 is 15.8 Å². The Morgan fingerprint density at radius 3 is 2.31 bits per heavy atom. The molecule has 32 heavy (non-hydrogen) atoms. The van der Waals surface area contributed by atoms with Crippen LogP contribution in [0.4, 0.5) is 4.39 Å². The molecule has 0 fully saturated rings. The smallest absolute Gasteiger partial charge is 0.243 e. The van der Waals surface area contributed by atoms with Gasteiger partial charge >= 0.3 is 0 Å². The first-order valence-electron chi connectivity index (χ1n) is 9.76. The number of fused-ring (bicyclic) bond motifs is 1. The molecule has 1 heterocycles. The standard InChI is InChI=1S/C24H20FNO5S/c1-30-20-10-12-21(13-11-20)32(28,29)26(14-17-6-8-19(25)9-7-17)15-18-16-31-23-5-3-2-4-22(23)24(18)27/h2-13,16H,14-15H2,1H3. The Morgan fingerprint density at radius 2 is 1.62 bits per heavy atom. The molecular weight excluding hydrogens is 433 g/mol. The second-order valence-electron chi connectivity index (χ2n) is 7.16. The molecule has 8 heteroatoms. The van der Waals surface area contributed by atoms with Crippen LogP contribution in [-0.2, 0) is 23.1 Å². The monoisotopic (exact) mass is 453 g/mol. The van der Waals surface area contributed by atoms with E-state index in [0.717, 1.165) is 0 Å². The van der Waals surface area contributed by atoms with Crippen molar-refractivity contribution in [3.05, 3.63) is 106 Å². The third kappa shape index (κ3) is 4.42. The van der Waals surface area contributed by atoms with Gasteiger partial charge in [0.15, 0.2) is 5.43 Å². The van der Waals surface area contributed by atoms with Gasteiger partial charge in [0.1, 0.15) is 17.1 Å². The lowest BCUT2D eigenvalue weighted by molar-refractivity contribution is 0.395. The summed E-state index contributed by atoms with van der Waals surface area (Å²) in [6.45, 7) is -0.264. The quantitative estimate of drug-likeness (QED) is 0.416. The summed E-state index contributed by atoms with van der Waals surface area (Å²) in [6, 6.07) is 18.3. The van der Waals surface area contributed by atoms with E-state index in [-0.39, 0.29) is 29.0 Å². The molecule has 0 bridgehead atoms. The van der Waals surface area contributed by atoms with Crippen LogP contribution in [0, 0.1) is 5.82 Å². The number of sulfonamides is 1. The topological polar surface area (TPSA) is 76.8 Å². The number of ether oxygens (including phenoxy) is 1. The number of nitrogens with zero attached hydrogens (tertiary/aromatic N) is 1. The number of benzene rings is 3. The number of rotatable bonds is 7. The zero-order valence-electron chi connectivity index (χ0n) is 17.2. The normalized spacial score (nSPS) is 11.7. The summed E-state index contributed by atoms with van der Waals surface area (Å²) in [4.78, 5) is 13.0. The second kappa shape index (κ2) is 8.94. The second-order valence-corrected chi connectivity index (χ2v) is 9.10. The summed E-state index contributed by atoms with van der Waals surface area (Å²) in [5, 5.41) is 0.369. The molecule has 4 aromatic rings. The molecule has 3 aromatic carbocycles. The van der Waals surface area contributed by atoms with Gasteiger partial charge in [0, 0.05) is 13.1 Å². The van der Waals surface area contributed by atoms with Crippen LogP contribution < -0.4 is 10.2 Å². The lowest BCUT2D eigenvalue weighted by Crippen LogP contribution is -2.32. The summed E-state index contributed by atoms with van der Waals surface area (Å²) in [5.74, 6) is 0.0951. The van der Waals surface area contributed by atoms with Gasteiger partial charge in [-0.15, -0.1) is 0 Å². The molecule has 0 amide bonds. The Bertz CT molecular complexity index is 1400. The van der Waals surface area contributed by atoms with E-state index in [1.807, 2.05) is 0 Å². The summed E-state index contributed by atoms with van der Waals surface area (Å²) < 4.78 is 52.1. The average molecular weight is 453 g/mol. The van der Waals surface area contributed by atoms with Crippen LogP contribution in [0.3, 0.4) is 0 Å². The maximum Gasteiger partial charge on any atom is 0.243 e. The van der Waals surface area contributed by atoms with Crippen molar-refractivity contribution in [3.8, 4) is 5.75 Å². The molecule has 0 N–H and O–H groups in total. The zero-order valence-corrected chi connectivity index (χ0v) is 18.0. The van der Waals surface area contributed by atoms with Crippen LogP contribution in [0.1, 0.15) is 11.1 Å². The molecule has 6 nitrogen and oxygen atoms in total. The molecule has 0 spiro atoms. The summed E-state index contributed by atoms with van der Waals surface area (Å²) in [5.41, 5.74) is 0.891. The Balaban J connectivity index is 1.75. The summed E-state index contributed by atoms with van der Waals surface area (Å²) in [7, 11) is -2.51. The van der Waals surface area contributed by atoms with Gasteiger partial charge in [-0.05, 0) is 54.1 Å². The minimum atomic E-state index is -4.00. The number of hydrogen-bond acceptors (Lipinski definition) is 5. The third-order valence-electron chi connectivity index (χ3n) is 5.07. The highest BCUT2D eigenvalue weighted by Crippen LogP contribution is 2.23. The minimum absolute atomic E-state index is 0.0468. The first kappa shape index (κ1) is 21.7. The van der Waals surface area contributed by atoms with E-state index in [1.54, 1.807) is 36.4 Å². The third-order valence-corrected chi connectivity index (χ3v) is 6.87. The van der Waals surface area contributed by atoms with Gasteiger partial charge in [-0.3, -0.25) is 4.79 Å². The predicted octanol–water partition coefficient (Wildman–Crippen LogP) is 4.33. The maximum atomic E-state index is 13.5. The van der Waals surface area contributed by atoms with Crippen molar-refractivity contribution in [2.75, 3.05) is 7.11 Å². The van der Waals surface area contributed by atoms with Gasteiger partial charge in [0.2, 0.25) is 10.0 Å². The molecule has 0 radical (unpaired) electrons. The molecule has 164 valence electrons. The van der Waals surface area contributed by atoms with E-state index in [1.165, 1.54) is 54.1 Å². The predicted molar refractivity (Wildman–Crippen MR) is 118 cm³/mol. The number of para-hydroxylation sites is 1. The zero-order chi connectivity index (χ0) is 22.7. The van der Waals surface area contributed by atoms with Crippen molar-refractivity contribution in [2.24, 2.45) is 0 Å². The lowest BCUT2D eigenvalue weighted by atomic mass is 10.1. The van der Waals surface area contributed by atoms with Crippen molar-refractivity contribution in [2.45, 2.75) is 18.0 Å². The fourth-order valence-electron chi connectivity index (χ4n) is 3.33. The van der Waals surface area contributed by atoms with Crippen molar-refractivity contribution >= 4 is 21.0 Å². The fourth-order valence-corrected chi connectivity index (χ4v) is 4.74. The van der Waals surface area contributed by atoms with Gasteiger partial charge in [0.05, 0.1) is 29.2 Å².